The summed E-state index contributed by atoms with van der Waals surface area (Å²) < 4.78 is 1.35. The van der Waals surface area contributed by atoms with E-state index in [9.17, 15) is 0 Å². The maximum atomic E-state index is 8.89. The summed E-state index contributed by atoms with van der Waals surface area (Å²) in [6.07, 6.45) is 0.867. The van der Waals surface area contributed by atoms with Crippen molar-refractivity contribution in [3.8, 4) is 0 Å². The van der Waals surface area contributed by atoms with Crippen LogP contribution in [0.25, 0.3) is 10.1 Å². The van der Waals surface area contributed by atoms with Crippen LogP contribution in [0.2, 0.25) is 0 Å². The first-order valence-electron chi connectivity index (χ1n) is 6.53. The molecule has 0 radical (unpaired) electrons. The Morgan fingerprint density at radius 1 is 1.28 bits per heavy atom. The Hall–Kier alpha value is -0.900. The Kier molecular flexibility index (Phi) is 4.75. The number of hydrogen-bond donors (Lipinski definition) is 2. The molecule has 0 aliphatic heterocycles. The summed E-state index contributed by atoms with van der Waals surface area (Å²) in [5.41, 5.74) is 0. The third-order valence-corrected chi connectivity index (χ3v) is 4.56. The van der Waals surface area contributed by atoms with Crippen molar-refractivity contribution in [1.82, 2.24) is 5.32 Å². The van der Waals surface area contributed by atoms with Crippen LogP contribution in [0.1, 0.15) is 31.2 Å². The summed E-state index contributed by atoms with van der Waals surface area (Å²) in [5.74, 6) is 0.520. The van der Waals surface area contributed by atoms with E-state index in [2.05, 4.69) is 49.5 Å². The van der Waals surface area contributed by atoms with Crippen LogP contribution in [0.4, 0.5) is 0 Å². The fraction of sp³-hybridized carbons (Fsp3) is 0.467. The molecule has 0 amide bonds. The molecule has 2 unspecified atom stereocenters. The Bertz CT molecular complexity index is 461. The van der Waals surface area contributed by atoms with Crippen molar-refractivity contribution in [3.63, 3.8) is 0 Å². The van der Waals surface area contributed by atoms with E-state index in [4.69, 9.17) is 5.11 Å². The highest BCUT2D eigenvalue weighted by Crippen LogP contribution is 2.29. The fourth-order valence-corrected chi connectivity index (χ4v) is 3.11. The van der Waals surface area contributed by atoms with Gasteiger partial charge in [0.2, 0.25) is 0 Å². The first kappa shape index (κ1) is 13.5. The molecular weight excluding hydrogens is 242 g/mol. The van der Waals surface area contributed by atoms with Gasteiger partial charge < -0.3 is 10.4 Å². The van der Waals surface area contributed by atoms with Gasteiger partial charge in [-0.1, -0.05) is 25.1 Å². The topological polar surface area (TPSA) is 32.3 Å². The van der Waals surface area contributed by atoms with Gasteiger partial charge in [-0.25, -0.2) is 0 Å². The standard InChI is InChI=1S/C15H21NOS/c1-11(7-8-17)10-16-12(2)15-9-13-5-3-4-6-14(13)18-15/h3-6,9,11-12,16-17H,7-8,10H2,1-2H3. The van der Waals surface area contributed by atoms with E-state index in [1.807, 2.05) is 11.3 Å². The number of fused-ring (bicyclic) bond motifs is 1. The first-order valence-corrected chi connectivity index (χ1v) is 7.35. The van der Waals surface area contributed by atoms with Crippen molar-refractivity contribution in [2.45, 2.75) is 26.3 Å². The Labute approximate surface area is 113 Å². The third-order valence-electron chi connectivity index (χ3n) is 3.27. The minimum Gasteiger partial charge on any atom is -0.396 e. The Morgan fingerprint density at radius 2 is 2.06 bits per heavy atom. The van der Waals surface area contributed by atoms with E-state index in [1.54, 1.807) is 0 Å². The van der Waals surface area contributed by atoms with Gasteiger partial charge in [0.1, 0.15) is 0 Å². The Balaban J connectivity index is 1.98. The minimum atomic E-state index is 0.278. The monoisotopic (exact) mass is 263 g/mol. The molecule has 0 aliphatic carbocycles. The van der Waals surface area contributed by atoms with Crippen LogP contribution in [0.15, 0.2) is 30.3 Å². The molecule has 2 aromatic rings. The average molecular weight is 263 g/mol. The molecule has 0 spiro atoms. The van der Waals surface area contributed by atoms with E-state index in [1.165, 1.54) is 15.0 Å². The van der Waals surface area contributed by atoms with Crippen molar-refractivity contribution in [1.29, 1.82) is 0 Å². The molecule has 0 aliphatic rings. The summed E-state index contributed by atoms with van der Waals surface area (Å²) in [6, 6.07) is 11.2. The second-order valence-corrected chi connectivity index (χ2v) is 6.05. The highest BCUT2D eigenvalue weighted by Gasteiger charge is 2.10. The zero-order valence-electron chi connectivity index (χ0n) is 11.0. The van der Waals surface area contributed by atoms with Crippen LogP contribution in [0.5, 0.6) is 0 Å². The highest BCUT2D eigenvalue weighted by molar-refractivity contribution is 7.19. The molecule has 98 valence electrons. The molecule has 18 heavy (non-hydrogen) atoms. The maximum Gasteiger partial charge on any atom is 0.0434 e. The molecule has 0 saturated heterocycles. The lowest BCUT2D eigenvalue weighted by molar-refractivity contribution is 0.258. The van der Waals surface area contributed by atoms with Crippen molar-refractivity contribution >= 4 is 21.4 Å². The van der Waals surface area contributed by atoms with Gasteiger partial charge in [-0.15, -0.1) is 11.3 Å². The normalized spacial score (nSPS) is 14.8. The third kappa shape index (κ3) is 3.31. The van der Waals surface area contributed by atoms with Gasteiger partial charge in [0, 0.05) is 22.2 Å². The number of benzene rings is 1. The van der Waals surface area contributed by atoms with E-state index in [0.29, 0.717) is 12.0 Å². The van der Waals surface area contributed by atoms with E-state index in [0.717, 1.165) is 13.0 Å². The van der Waals surface area contributed by atoms with Crippen LogP contribution in [0, 0.1) is 5.92 Å². The number of nitrogens with one attached hydrogen (secondary N) is 1. The lowest BCUT2D eigenvalue weighted by atomic mass is 10.1. The van der Waals surface area contributed by atoms with Crippen LogP contribution < -0.4 is 5.32 Å². The first-order chi connectivity index (χ1) is 8.70. The van der Waals surface area contributed by atoms with Crippen LogP contribution >= 0.6 is 11.3 Å². The van der Waals surface area contributed by atoms with E-state index < -0.39 is 0 Å². The summed E-state index contributed by atoms with van der Waals surface area (Å²) in [6.45, 7) is 5.60. The van der Waals surface area contributed by atoms with Crippen LogP contribution in [-0.2, 0) is 0 Å². The summed E-state index contributed by atoms with van der Waals surface area (Å²) >= 11 is 1.86. The van der Waals surface area contributed by atoms with Gasteiger partial charge in [0.15, 0.2) is 0 Å². The molecule has 0 fully saturated rings. The molecule has 3 heteroatoms. The second kappa shape index (κ2) is 6.32. The zero-order chi connectivity index (χ0) is 13.0. The Morgan fingerprint density at radius 3 is 2.78 bits per heavy atom. The van der Waals surface area contributed by atoms with Gasteiger partial charge >= 0.3 is 0 Å². The summed E-state index contributed by atoms with van der Waals surface area (Å²) in [5, 5.41) is 13.8. The number of aliphatic hydroxyl groups excluding tert-OH is 1. The molecule has 2 rings (SSSR count). The molecule has 2 atom stereocenters. The molecule has 1 heterocycles. The van der Waals surface area contributed by atoms with Gasteiger partial charge in [0.05, 0.1) is 0 Å². The molecule has 2 nitrogen and oxygen atoms in total. The molecule has 1 aromatic heterocycles. The minimum absolute atomic E-state index is 0.278. The summed E-state index contributed by atoms with van der Waals surface area (Å²) in [4.78, 5) is 1.38. The molecule has 2 N–H and O–H groups in total. The number of aliphatic hydroxyl groups is 1. The quantitative estimate of drug-likeness (QED) is 0.835. The predicted molar refractivity (Wildman–Crippen MR) is 79.1 cm³/mol. The fourth-order valence-electron chi connectivity index (χ4n) is 2.02. The van der Waals surface area contributed by atoms with Gasteiger partial charge in [-0.2, -0.15) is 0 Å². The summed E-state index contributed by atoms with van der Waals surface area (Å²) in [7, 11) is 0. The maximum absolute atomic E-state index is 8.89. The van der Waals surface area contributed by atoms with Gasteiger partial charge in [-0.05, 0) is 43.3 Å². The van der Waals surface area contributed by atoms with Crippen molar-refractivity contribution in [2.75, 3.05) is 13.2 Å². The molecular formula is C15H21NOS. The van der Waals surface area contributed by atoms with E-state index >= 15 is 0 Å². The lowest BCUT2D eigenvalue weighted by Crippen LogP contribution is -2.24. The van der Waals surface area contributed by atoms with Gasteiger partial charge in [0.25, 0.3) is 0 Å². The van der Waals surface area contributed by atoms with Crippen molar-refractivity contribution in [2.24, 2.45) is 5.92 Å². The van der Waals surface area contributed by atoms with E-state index in [-0.39, 0.29) is 6.61 Å². The second-order valence-electron chi connectivity index (χ2n) is 4.93. The van der Waals surface area contributed by atoms with Crippen LogP contribution in [-0.4, -0.2) is 18.3 Å². The van der Waals surface area contributed by atoms with Crippen molar-refractivity contribution < 1.29 is 5.11 Å². The van der Waals surface area contributed by atoms with Crippen molar-refractivity contribution in [3.05, 3.63) is 35.2 Å². The molecule has 0 bridgehead atoms. The largest absolute Gasteiger partial charge is 0.396 e. The number of rotatable bonds is 6. The van der Waals surface area contributed by atoms with Gasteiger partial charge in [-0.3, -0.25) is 0 Å². The number of thiophene rings is 1. The average Bonchev–Trinajstić information content (AvgIpc) is 2.80. The number of hydrogen-bond acceptors (Lipinski definition) is 3. The lowest BCUT2D eigenvalue weighted by Gasteiger charge is -2.15. The van der Waals surface area contributed by atoms with Crippen LogP contribution in [0.3, 0.4) is 0 Å². The zero-order valence-corrected chi connectivity index (χ0v) is 11.8. The molecule has 1 aromatic carbocycles. The SMILES string of the molecule is CC(CCO)CNC(C)c1cc2ccccc2s1. The predicted octanol–water partition coefficient (Wildman–Crippen LogP) is 3.57. The highest BCUT2D eigenvalue weighted by atomic mass is 32.1. The smallest absolute Gasteiger partial charge is 0.0434 e. The molecule has 0 saturated carbocycles.